The summed E-state index contributed by atoms with van der Waals surface area (Å²) >= 11 is 0. The minimum Gasteiger partial charge on any atom is -0.381 e. The Morgan fingerprint density at radius 2 is 1.44 bits per heavy atom. The molecule has 3 nitrogen and oxygen atoms in total. The first-order valence-electron chi connectivity index (χ1n) is 9.65. The van der Waals surface area contributed by atoms with E-state index >= 15 is 0 Å². The van der Waals surface area contributed by atoms with Crippen molar-refractivity contribution < 1.29 is 8.95 Å². The third-order valence-corrected chi connectivity index (χ3v) is 5.21. The van der Waals surface area contributed by atoms with Gasteiger partial charge in [0.2, 0.25) is 0 Å². The quantitative estimate of drug-likeness (QED) is 0.688. The van der Waals surface area contributed by atoms with E-state index in [1.165, 1.54) is 5.56 Å². The first-order chi connectivity index (χ1) is 11.8. The van der Waals surface area contributed by atoms with Gasteiger partial charge in [0.1, 0.15) is 11.0 Å². The van der Waals surface area contributed by atoms with Gasteiger partial charge in [-0.2, -0.15) is 0 Å². The van der Waals surface area contributed by atoms with Gasteiger partial charge in [-0.25, -0.2) is 8.51 Å². The summed E-state index contributed by atoms with van der Waals surface area (Å²) in [4.78, 5) is 0.887. The number of hydrogen-bond donors (Lipinski definition) is 0. The van der Waals surface area contributed by atoms with Gasteiger partial charge in [-0.1, -0.05) is 60.6 Å². The second kappa shape index (κ2) is 13.5. The summed E-state index contributed by atoms with van der Waals surface area (Å²) in [6, 6.07) is 8.49. The Bertz CT molecular complexity index is 463. The fourth-order valence-corrected chi connectivity index (χ4v) is 3.50. The average molecular weight is 370 g/mol. The molecule has 1 aromatic rings. The molecule has 0 bridgehead atoms. The molecule has 1 unspecified atom stereocenters. The molecule has 146 valence electrons. The zero-order valence-electron chi connectivity index (χ0n) is 17.5. The zero-order valence-corrected chi connectivity index (χ0v) is 18.4. The van der Waals surface area contributed by atoms with Crippen LogP contribution in [0, 0.1) is 5.92 Å². The maximum atomic E-state index is 12.5. The fourth-order valence-electron chi connectivity index (χ4n) is 2.32. The minimum absolute atomic E-state index is 0.361. The van der Waals surface area contributed by atoms with Crippen molar-refractivity contribution in [3.63, 3.8) is 0 Å². The highest BCUT2D eigenvalue weighted by Crippen LogP contribution is 2.21. The molecule has 1 saturated heterocycles. The first kappa shape index (κ1) is 24.3. The van der Waals surface area contributed by atoms with Crippen molar-refractivity contribution >= 4 is 11.0 Å². The molecule has 0 aromatic heterocycles. The molecule has 0 radical (unpaired) electrons. The predicted molar refractivity (Wildman–Crippen MR) is 110 cm³/mol. The van der Waals surface area contributed by atoms with Crippen molar-refractivity contribution in [2.45, 2.75) is 78.2 Å². The topological polar surface area (TPSA) is 29.5 Å². The summed E-state index contributed by atoms with van der Waals surface area (Å²) in [5.41, 5.74) is 1.29. The fraction of sp³-hybridized carbons (Fsp3) is 0.714. The number of ether oxygens (including phenoxy) is 1. The summed E-state index contributed by atoms with van der Waals surface area (Å²) in [6.45, 7) is 16.4. The highest BCUT2D eigenvalue weighted by molar-refractivity contribution is 7.82. The number of hydrogen-bond acceptors (Lipinski definition) is 2. The zero-order chi connectivity index (χ0) is 19.4. The lowest BCUT2D eigenvalue weighted by Crippen LogP contribution is -2.37. The van der Waals surface area contributed by atoms with Crippen LogP contribution < -0.4 is 0 Å². The molecule has 1 aliphatic rings. The van der Waals surface area contributed by atoms with Crippen LogP contribution in [0.25, 0.3) is 0 Å². The smallest absolute Gasteiger partial charge is 0.127 e. The molecule has 0 saturated carbocycles. The van der Waals surface area contributed by atoms with Gasteiger partial charge in [0.15, 0.2) is 0 Å². The number of benzene rings is 1. The maximum Gasteiger partial charge on any atom is 0.127 e. The average Bonchev–Trinajstić information content (AvgIpc) is 2.62. The van der Waals surface area contributed by atoms with Crippen LogP contribution in [-0.4, -0.2) is 34.8 Å². The van der Waals surface area contributed by atoms with Gasteiger partial charge in [0, 0.05) is 26.3 Å². The van der Waals surface area contributed by atoms with Crippen LogP contribution >= 0.6 is 0 Å². The van der Waals surface area contributed by atoms with Crippen LogP contribution in [0.3, 0.4) is 0 Å². The van der Waals surface area contributed by atoms with Crippen molar-refractivity contribution in [1.82, 2.24) is 4.31 Å². The van der Waals surface area contributed by atoms with Gasteiger partial charge in [0.05, 0.1) is 4.90 Å². The third-order valence-electron chi connectivity index (χ3n) is 3.72. The van der Waals surface area contributed by atoms with Crippen molar-refractivity contribution in [3.05, 3.63) is 29.8 Å². The van der Waals surface area contributed by atoms with E-state index in [0.717, 1.165) is 36.9 Å². The molecule has 1 aromatic carbocycles. The second-order valence-electron chi connectivity index (χ2n) is 7.09. The molecule has 2 rings (SSSR count). The lowest BCUT2D eigenvalue weighted by Gasteiger charge is -2.30. The van der Waals surface area contributed by atoms with Gasteiger partial charge in [0.25, 0.3) is 0 Å². The predicted octanol–water partition coefficient (Wildman–Crippen LogP) is 5.63. The highest BCUT2D eigenvalue weighted by Gasteiger charge is 2.23. The highest BCUT2D eigenvalue weighted by atomic mass is 32.2. The van der Waals surface area contributed by atoms with Crippen LogP contribution in [0.15, 0.2) is 29.2 Å². The minimum atomic E-state index is -1.07. The molecule has 25 heavy (non-hydrogen) atoms. The molecule has 1 heterocycles. The van der Waals surface area contributed by atoms with E-state index in [9.17, 15) is 4.21 Å². The third kappa shape index (κ3) is 9.53. The van der Waals surface area contributed by atoms with Gasteiger partial charge < -0.3 is 4.74 Å². The van der Waals surface area contributed by atoms with E-state index in [2.05, 4.69) is 46.8 Å². The molecular formula is C21H39NO2S. The van der Waals surface area contributed by atoms with Gasteiger partial charge in [-0.05, 0) is 42.4 Å². The molecule has 1 atom stereocenters. The molecule has 0 aliphatic carbocycles. The summed E-state index contributed by atoms with van der Waals surface area (Å²) in [6.07, 6.45) is 1.93. The normalized spacial score (nSPS) is 16.1. The van der Waals surface area contributed by atoms with E-state index < -0.39 is 11.0 Å². The lowest BCUT2D eigenvalue weighted by atomic mass is 10.0. The Morgan fingerprint density at radius 1 is 1.00 bits per heavy atom. The number of rotatable bonds is 4. The molecule has 0 N–H and O–H groups in total. The number of nitrogens with zero attached hydrogens (tertiary/aromatic N) is 1. The first-order valence-corrected chi connectivity index (χ1v) is 10.8. The Balaban J connectivity index is 0.000000845. The van der Waals surface area contributed by atoms with E-state index in [1.54, 1.807) is 0 Å². The van der Waals surface area contributed by atoms with Gasteiger partial charge in [-0.3, -0.25) is 0 Å². The standard InChI is InChI=1S/C15H23NO2S.C4H10.C2H6/c1-12(2)13-4-6-15(7-5-13)19(17)16(3)14-8-10-18-11-9-14;1-4(2)3;1-2/h4-7,12,14H,8-11H2,1-3H3;4H,1-3H3;1-2H3. The summed E-state index contributed by atoms with van der Waals surface area (Å²) < 4.78 is 19.9. The van der Waals surface area contributed by atoms with Crippen molar-refractivity contribution in [2.75, 3.05) is 20.3 Å². The summed E-state index contributed by atoms with van der Waals surface area (Å²) in [5.74, 6) is 1.34. The van der Waals surface area contributed by atoms with Crippen molar-refractivity contribution in [1.29, 1.82) is 0 Å². The molecule has 4 heteroatoms. The maximum absolute atomic E-state index is 12.5. The molecular weight excluding hydrogens is 330 g/mol. The second-order valence-corrected chi connectivity index (χ2v) is 8.64. The molecule has 0 amide bonds. The van der Waals surface area contributed by atoms with Crippen LogP contribution in [-0.2, 0) is 15.7 Å². The SMILES string of the molecule is CC.CC(C)C.CC(C)c1ccc(S(=O)N(C)C2CCOCC2)cc1. The van der Waals surface area contributed by atoms with E-state index in [0.29, 0.717) is 12.0 Å². The molecule has 1 fully saturated rings. The Morgan fingerprint density at radius 3 is 1.84 bits per heavy atom. The lowest BCUT2D eigenvalue weighted by molar-refractivity contribution is 0.0642. The Hall–Kier alpha value is -0.710. The largest absolute Gasteiger partial charge is 0.381 e. The van der Waals surface area contributed by atoms with Gasteiger partial charge in [-0.15, -0.1) is 0 Å². The van der Waals surface area contributed by atoms with E-state index in [1.807, 2.05) is 37.3 Å². The van der Waals surface area contributed by atoms with Crippen molar-refractivity contribution in [3.8, 4) is 0 Å². The monoisotopic (exact) mass is 369 g/mol. The van der Waals surface area contributed by atoms with E-state index in [4.69, 9.17) is 4.74 Å². The van der Waals surface area contributed by atoms with E-state index in [-0.39, 0.29) is 0 Å². The van der Waals surface area contributed by atoms with Crippen LogP contribution in [0.5, 0.6) is 0 Å². The van der Waals surface area contributed by atoms with Crippen LogP contribution in [0.2, 0.25) is 0 Å². The summed E-state index contributed by atoms with van der Waals surface area (Å²) in [5, 5.41) is 0. The molecule has 1 aliphatic heterocycles. The Labute approximate surface area is 158 Å². The van der Waals surface area contributed by atoms with Crippen molar-refractivity contribution in [2.24, 2.45) is 5.92 Å². The van der Waals surface area contributed by atoms with Gasteiger partial charge >= 0.3 is 0 Å². The summed E-state index contributed by atoms with van der Waals surface area (Å²) in [7, 11) is 0.877. The van der Waals surface area contributed by atoms with Crippen LogP contribution in [0.4, 0.5) is 0 Å². The van der Waals surface area contributed by atoms with Crippen LogP contribution in [0.1, 0.15) is 72.8 Å². The molecule has 0 spiro atoms. The Kier molecular flexibility index (Phi) is 13.1.